The van der Waals surface area contributed by atoms with Crippen molar-refractivity contribution in [3.63, 3.8) is 0 Å². The number of hydrogen-bond donors (Lipinski definition) is 4. The summed E-state index contributed by atoms with van der Waals surface area (Å²) in [5, 5.41) is 38.9. The minimum atomic E-state index is -1.48. The lowest BCUT2D eigenvalue weighted by Crippen LogP contribution is -2.11. The highest BCUT2D eigenvalue weighted by Gasteiger charge is 2.27. The molecule has 2 aromatic carbocycles. The number of aromatic carboxylic acids is 4. The van der Waals surface area contributed by atoms with Crippen LogP contribution in [-0.2, 0) is 0 Å². The molecule has 10 nitrogen and oxygen atoms in total. The van der Waals surface area contributed by atoms with Crippen molar-refractivity contribution < 1.29 is 39.6 Å². The number of aromatic nitrogens is 2. The Hall–Kier alpha value is -5.38. The third kappa shape index (κ3) is 4.14. The standard InChI is InChI=1S/C26H16N2O8/c29-23(30)16-5-1-3-14(21(16)25(33)34)18-11-28-12-19(20(18)13-7-9-27-10-8-13)15-4-2-6-17(24(31)32)22(15)26(35)36/h1-12H,(H,29,30)(H,31,32)(H,33,34)(H,35,36). The zero-order valence-corrected chi connectivity index (χ0v) is 18.2. The summed E-state index contributed by atoms with van der Waals surface area (Å²) in [7, 11) is 0. The van der Waals surface area contributed by atoms with Gasteiger partial charge in [0.25, 0.3) is 0 Å². The van der Waals surface area contributed by atoms with E-state index in [1.807, 2.05) is 0 Å². The predicted molar refractivity (Wildman–Crippen MR) is 126 cm³/mol. The number of carbonyl (C=O) groups is 4. The average molecular weight is 484 g/mol. The van der Waals surface area contributed by atoms with E-state index in [9.17, 15) is 39.6 Å². The zero-order valence-electron chi connectivity index (χ0n) is 18.2. The minimum Gasteiger partial charge on any atom is -0.478 e. The minimum absolute atomic E-state index is 0.0369. The van der Waals surface area contributed by atoms with Crippen molar-refractivity contribution in [1.29, 1.82) is 0 Å². The van der Waals surface area contributed by atoms with E-state index in [-0.39, 0.29) is 22.3 Å². The lowest BCUT2D eigenvalue weighted by Gasteiger charge is -2.19. The molecule has 0 saturated heterocycles. The molecular formula is C26H16N2O8. The first-order valence-corrected chi connectivity index (χ1v) is 10.3. The lowest BCUT2D eigenvalue weighted by molar-refractivity contribution is 0.0652. The van der Waals surface area contributed by atoms with Crippen LogP contribution >= 0.6 is 0 Å². The SMILES string of the molecule is O=C(O)c1cccc(-c2cncc(-c3cccc(C(=O)O)c3C(=O)O)c2-c2ccncc2)c1C(=O)O. The number of nitrogens with zero attached hydrogens (tertiary/aromatic N) is 2. The van der Waals surface area contributed by atoms with E-state index < -0.39 is 46.1 Å². The average Bonchev–Trinajstić information content (AvgIpc) is 2.87. The van der Waals surface area contributed by atoms with E-state index in [1.165, 1.54) is 49.1 Å². The Labute approximate surface area is 202 Å². The van der Waals surface area contributed by atoms with Gasteiger partial charge in [0.05, 0.1) is 22.3 Å². The molecule has 4 N–H and O–H groups in total. The normalized spacial score (nSPS) is 10.6. The molecule has 10 heteroatoms. The third-order valence-corrected chi connectivity index (χ3v) is 5.51. The van der Waals surface area contributed by atoms with Crippen LogP contribution in [0.3, 0.4) is 0 Å². The number of hydrogen-bond acceptors (Lipinski definition) is 6. The summed E-state index contributed by atoms with van der Waals surface area (Å²) < 4.78 is 0. The van der Waals surface area contributed by atoms with Gasteiger partial charge in [0.2, 0.25) is 0 Å². The van der Waals surface area contributed by atoms with Gasteiger partial charge >= 0.3 is 23.9 Å². The monoisotopic (exact) mass is 484 g/mol. The van der Waals surface area contributed by atoms with E-state index >= 15 is 0 Å². The highest BCUT2D eigenvalue weighted by molar-refractivity contribution is 6.11. The maximum atomic E-state index is 12.1. The van der Waals surface area contributed by atoms with Crippen molar-refractivity contribution in [3.8, 4) is 33.4 Å². The lowest BCUT2D eigenvalue weighted by atomic mass is 9.85. The Bertz CT molecular complexity index is 1450. The molecule has 0 unspecified atom stereocenters. The Morgan fingerprint density at radius 3 is 1.36 bits per heavy atom. The molecule has 0 saturated carbocycles. The maximum absolute atomic E-state index is 12.1. The van der Waals surface area contributed by atoms with E-state index in [0.717, 1.165) is 12.1 Å². The fraction of sp³-hybridized carbons (Fsp3) is 0. The van der Waals surface area contributed by atoms with Gasteiger partial charge in [-0.2, -0.15) is 0 Å². The molecule has 4 aromatic rings. The van der Waals surface area contributed by atoms with Crippen LogP contribution in [0.4, 0.5) is 0 Å². The smallest absolute Gasteiger partial charge is 0.337 e. The van der Waals surface area contributed by atoms with E-state index in [1.54, 1.807) is 12.1 Å². The molecule has 2 heterocycles. The van der Waals surface area contributed by atoms with E-state index in [4.69, 9.17) is 0 Å². The van der Waals surface area contributed by atoms with Gasteiger partial charge in [0.15, 0.2) is 0 Å². The Balaban J connectivity index is 2.17. The van der Waals surface area contributed by atoms with Gasteiger partial charge in [-0.15, -0.1) is 0 Å². The molecular weight excluding hydrogens is 468 g/mol. The molecule has 0 spiro atoms. The van der Waals surface area contributed by atoms with E-state index in [0.29, 0.717) is 11.1 Å². The first-order chi connectivity index (χ1) is 17.2. The van der Waals surface area contributed by atoms with Crippen LogP contribution < -0.4 is 0 Å². The topological polar surface area (TPSA) is 175 Å². The summed E-state index contributed by atoms with van der Waals surface area (Å²) in [6.45, 7) is 0. The van der Waals surface area contributed by atoms with Gasteiger partial charge in [-0.3, -0.25) is 9.97 Å². The molecule has 0 atom stereocenters. The predicted octanol–water partition coefficient (Wildman–Crippen LogP) is 4.27. The van der Waals surface area contributed by atoms with Gasteiger partial charge in [0, 0.05) is 41.5 Å². The van der Waals surface area contributed by atoms with Crippen molar-refractivity contribution in [2.45, 2.75) is 0 Å². The molecule has 36 heavy (non-hydrogen) atoms. The van der Waals surface area contributed by atoms with Gasteiger partial charge in [0.1, 0.15) is 0 Å². The molecule has 0 aliphatic heterocycles. The summed E-state index contributed by atoms with van der Waals surface area (Å²) in [4.78, 5) is 56.0. The molecule has 178 valence electrons. The van der Waals surface area contributed by atoms with Crippen LogP contribution in [0.1, 0.15) is 41.4 Å². The van der Waals surface area contributed by atoms with Crippen LogP contribution in [0, 0.1) is 0 Å². The molecule has 0 aliphatic rings. The second-order valence-electron chi connectivity index (χ2n) is 7.52. The first-order valence-electron chi connectivity index (χ1n) is 10.3. The van der Waals surface area contributed by atoms with Crippen molar-refractivity contribution in [2.24, 2.45) is 0 Å². The number of carboxylic acids is 4. The second kappa shape index (κ2) is 9.47. The van der Waals surface area contributed by atoms with Crippen molar-refractivity contribution in [1.82, 2.24) is 9.97 Å². The molecule has 0 bridgehead atoms. The van der Waals surface area contributed by atoms with E-state index in [2.05, 4.69) is 9.97 Å². The summed E-state index contributed by atoms with van der Waals surface area (Å²) in [5.74, 6) is -5.83. The number of benzene rings is 2. The van der Waals surface area contributed by atoms with Crippen LogP contribution in [0.2, 0.25) is 0 Å². The number of pyridine rings is 2. The first kappa shape index (κ1) is 23.8. The highest BCUT2D eigenvalue weighted by atomic mass is 16.4. The van der Waals surface area contributed by atoms with Crippen LogP contribution in [0.25, 0.3) is 33.4 Å². The van der Waals surface area contributed by atoms with Gasteiger partial charge < -0.3 is 20.4 Å². The molecule has 4 rings (SSSR count). The number of carboxylic acid groups (broad SMARTS) is 4. The fourth-order valence-corrected chi connectivity index (χ4v) is 4.07. The molecule has 0 amide bonds. The third-order valence-electron chi connectivity index (χ3n) is 5.51. The van der Waals surface area contributed by atoms with Gasteiger partial charge in [-0.1, -0.05) is 24.3 Å². The Morgan fingerprint density at radius 2 is 0.972 bits per heavy atom. The fourth-order valence-electron chi connectivity index (χ4n) is 4.07. The zero-order chi connectivity index (χ0) is 26.0. The molecule has 0 fully saturated rings. The van der Waals surface area contributed by atoms with Crippen molar-refractivity contribution >= 4 is 23.9 Å². The largest absolute Gasteiger partial charge is 0.478 e. The molecule has 2 aromatic heterocycles. The second-order valence-corrected chi connectivity index (χ2v) is 7.52. The molecule has 0 radical (unpaired) electrons. The summed E-state index contributed by atoms with van der Waals surface area (Å²) in [6.07, 6.45) is 5.63. The number of rotatable bonds is 7. The molecule has 0 aliphatic carbocycles. The summed E-state index contributed by atoms with van der Waals surface area (Å²) in [5.41, 5.74) is -0.532. The van der Waals surface area contributed by atoms with Crippen LogP contribution in [0.5, 0.6) is 0 Å². The Morgan fingerprint density at radius 1 is 0.528 bits per heavy atom. The highest BCUT2D eigenvalue weighted by Crippen LogP contribution is 2.42. The van der Waals surface area contributed by atoms with Crippen LogP contribution in [-0.4, -0.2) is 54.3 Å². The summed E-state index contributed by atoms with van der Waals surface area (Å²) >= 11 is 0. The van der Waals surface area contributed by atoms with Gasteiger partial charge in [-0.05, 0) is 41.0 Å². The summed E-state index contributed by atoms with van der Waals surface area (Å²) in [6, 6.07) is 11.2. The maximum Gasteiger partial charge on any atom is 0.337 e. The van der Waals surface area contributed by atoms with Gasteiger partial charge in [-0.25, -0.2) is 19.2 Å². The Kier molecular flexibility index (Phi) is 6.25. The van der Waals surface area contributed by atoms with Crippen molar-refractivity contribution in [3.05, 3.63) is 95.6 Å². The quantitative estimate of drug-likeness (QED) is 0.296. The van der Waals surface area contributed by atoms with Crippen LogP contribution in [0.15, 0.2) is 73.3 Å². The van der Waals surface area contributed by atoms with Crippen molar-refractivity contribution in [2.75, 3.05) is 0 Å².